The highest BCUT2D eigenvalue weighted by Gasteiger charge is 2.39. The van der Waals surface area contributed by atoms with Crippen molar-refractivity contribution in [2.24, 2.45) is 5.92 Å². The van der Waals surface area contributed by atoms with Crippen molar-refractivity contribution >= 4 is 37.3 Å². The molecule has 0 aliphatic heterocycles. The molecule has 6 heteroatoms. The molecular weight excluding hydrogens is 310 g/mol. The number of nitrogens with one attached hydrogen (secondary N) is 1. The fourth-order valence-electron chi connectivity index (χ4n) is 1.81. The van der Waals surface area contributed by atoms with Crippen LogP contribution in [0.4, 0.5) is 0 Å². The Balaban J connectivity index is 2.03. The third-order valence-electron chi connectivity index (χ3n) is 2.72. The molecule has 3 nitrogen and oxygen atoms in total. The van der Waals surface area contributed by atoms with Crippen LogP contribution < -0.4 is 4.72 Å². The molecule has 1 saturated carbocycles. The lowest BCUT2D eigenvalue weighted by molar-refractivity contribution is 0.574. The van der Waals surface area contributed by atoms with E-state index >= 15 is 0 Å². The van der Waals surface area contributed by atoms with Crippen LogP contribution in [0.15, 0.2) is 20.1 Å². The quantitative estimate of drug-likeness (QED) is 0.905. The Morgan fingerprint density at radius 2 is 2.38 bits per heavy atom. The van der Waals surface area contributed by atoms with Crippen LogP contribution in [0.5, 0.6) is 0 Å². The second-order valence-electron chi connectivity index (χ2n) is 4.07. The lowest BCUT2D eigenvalue weighted by Gasteiger charge is -2.04. The van der Waals surface area contributed by atoms with Crippen molar-refractivity contribution in [3.63, 3.8) is 0 Å². The van der Waals surface area contributed by atoms with Gasteiger partial charge in [-0.25, -0.2) is 13.1 Å². The maximum atomic E-state index is 12.0. The van der Waals surface area contributed by atoms with Crippen LogP contribution >= 0.6 is 27.3 Å². The van der Waals surface area contributed by atoms with Crippen LogP contribution in [0.1, 0.15) is 26.2 Å². The molecule has 1 fully saturated rings. The normalized spacial score (nSPS) is 24.6. The molecule has 2 unspecified atom stereocenters. The van der Waals surface area contributed by atoms with Gasteiger partial charge in [-0.1, -0.05) is 13.3 Å². The van der Waals surface area contributed by atoms with E-state index in [-0.39, 0.29) is 6.04 Å². The number of hydrogen-bond acceptors (Lipinski definition) is 3. The molecule has 16 heavy (non-hydrogen) atoms. The minimum atomic E-state index is -3.31. The molecule has 0 bridgehead atoms. The molecule has 0 aromatic carbocycles. The summed E-state index contributed by atoms with van der Waals surface area (Å²) < 4.78 is 27.8. The van der Waals surface area contributed by atoms with Gasteiger partial charge in [0, 0.05) is 10.5 Å². The summed E-state index contributed by atoms with van der Waals surface area (Å²) in [5, 5.41) is 1.77. The predicted octanol–water partition coefficient (Wildman–Crippen LogP) is 2.98. The van der Waals surface area contributed by atoms with Crippen molar-refractivity contribution in [3.05, 3.63) is 15.9 Å². The van der Waals surface area contributed by atoms with E-state index in [1.807, 2.05) is 0 Å². The minimum Gasteiger partial charge on any atom is -0.207 e. The lowest BCUT2D eigenvalue weighted by Crippen LogP contribution is -2.26. The van der Waals surface area contributed by atoms with Crippen LogP contribution in [-0.2, 0) is 10.0 Å². The fraction of sp³-hybridized carbons (Fsp3) is 0.600. The van der Waals surface area contributed by atoms with Crippen molar-refractivity contribution in [3.8, 4) is 0 Å². The molecule has 2 rings (SSSR count). The Hall–Kier alpha value is 0.0900. The van der Waals surface area contributed by atoms with E-state index in [0.717, 1.165) is 19.3 Å². The number of sulfonamides is 1. The average molecular weight is 324 g/mol. The van der Waals surface area contributed by atoms with Crippen LogP contribution in [0.2, 0.25) is 0 Å². The molecular formula is C10H14BrNO2S2. The summed E-state index contributed by atoms with van der Waals surface area (Å²) in [7, 11) is -3.31. The first-order chi connectivity index (χ1) is 7.54. The van der Waals surface area contributed by atoms with Gasteiger partial charge in [0.05, 0.1) is 0 Å². The molecule has 1 heterocycles. The summed E-state index contributed by atoms with van der Waals surface area (Å²) >= 11 is 4.49. The third kappa shape index (κ3) is 2.67. The minimum absolute atomic E-state index is 0.152. The van der Waals surface area contributed by atoms with E-state index in [1.165, 1.54) is 11.3 Å². The summed E-state index contributed by atoms with van der Waals surface area (Å²) in [5.74, 6) is 0.540. The van der Waals surface area contributed by atoms with Gasteiger partial charge in [0.2, 0.25) is 0 Å². The second-order valence-corrected chi connectivity index (χ2v) is 7.75. The number of rotatable bonds is 5. The highest BCUT2D eigenvalue weighted by molar-refractivity contribution is 9.10. The zero-order chi connectivity index (χ0) is 11.8. The summed E-state index contributed by atoms with van der Waals surface area (Å²) in [6, 6.07) is 1.91. The first-order valence-corrected chi connectivity index (χ1v) is 8.45. The van der Waals surface area contributed by atoms with Crippen molar-refractivity contribution in [2.75, 3.05) is 0 Å². The Kier molecular flexibility index (Phi) is 3.73. The van der Waals surface area contributed by atoms with Gasteiger partial charge in [-0.2, -0.15) is 0 Å². The molecule has 1 aromatic heterocycles. The first kappa shape index (κ1) is 12.5. The van der Waals surface area contributed by atoms with Gasteiger partial charge in [0.1, 0.15) is 4.21 Å². The lowest BCUT2D eigenvalue weighted by atomic mass is 10.2. The van der Waals surface area contributed by atoms with E-state index in [0.29, 0.717) is 14.6 Å². The van der Waals surface area contributed by atoms with Gasteiger partial charge >= 0.3 is 0 Å². The molecule has 0 saturated heterocycles. The van der Waals surface area contributed by atoms with Gasteiger partial charge in [-0.15, -0.1) is 11.3 Å². The maximum absolute atomic E-state index is 12.0. The Morgan fingerprint density at radius 1 is 1.62 bits per heavy atom. The first-order valence-electron chi connectivity index (χ1n) is 5.30. The SMILES string of the molecule is CCCC1CC1NS(=O)(=O)c1sccc1Br. The van der Waals surface area contributed by atoms with Gasteiger partial charge in [0.25, 0.3) is 10.0 Å². The number of hydrogen-bond donors (Lipinski definition) is 1. The van der Waals surface area contributed by atoms with E-state index in [2.05, 4.69) is 27.6 Å². The van der Waals surface area contributed by atoms with E-state index in [9.17, 15) is 8.42 Å². The zero-order valence-electron chi connectivity index (χ0n) is 8.94. The van der Waals surface area contributed by atoms with E-state index in [4.69, 9.17) is 0 Å². The summed E-state index contributed by atoms with van der Waals surface area (Å²) in [4.78, 5) is 0. The maximum Gasteiger partial charge on any atom is 0.251 e. The Bertz CT molecular complexity index is 469. The van der Waals surface area contributed by atoms with Crippen LogP contribution in [0, 0.1) is 5.92 Å². The van der Waals surface area contributed by atoms with Gasteiger partial charge < -0.3 is 0 Å². The average Bonchev–Trinajstić information content (AvgIpc) is 2.75. The molecule has 0 amide bonds. The number of thiophene rings is 1. The van der Waals surface area contributed by atoms with E-state index < -0.39 is 10.0 Å². The molecule has 90 valence electrons. The molecule has 1 aliphatic carbocycles. The summed E-state index contributed by atoms with van der Waals surface area (Å²) in [6.07, 6.45) is 3.21. The molecule has 1 aliphatic rings. The molecule has 0 spiro atoms. The highest BCUT2D eigenvalue weighted by Crippen LogP contribution is 2.37. The Morgan fingerprint density at radius 3 is 2.94 bits per heavy atom. The second kappa shape index (κ2) is 4.76. The highest BCUT2D eigenvalue weighted by atomic mass is 79.9. The smallest absolute Gasteiger partial charge is 0.207 e. The summed E-state index contributed by atoms with van der Waals surface area (Å²) in [6.45, 7) is 2.12. The van der Waals surface area contributed by atoms with Gasteiger partial charge in [-0.05, 0) is 46.1 Å². The van der Waals surface area contributed by atoms with Crippen molar-refractivity contribution in [1.82, 2.24) is 4.72 Å². The molecule has 1 N–H and O–H groups in total. The van der Waals surface area contributed by atoms with E-state index in [1.54, 1.807) is 11.4 Å². The van der Waals surface area contributed by atoms with Gasteiger partial charge in [0.15, 0.2) is 0 Å². The predicted molar refractivity (Wildman–Crippen MR) is 69.1 cm³/mol. The zero-order valence-corrected chi connectivity index (χ0v) is 12.2. The molecule has 2 atom stereocenters. The van der Waals surface area contributed by atoms with Crippen molar-refractivity contribution < 1.29 is 8.42 Å². The molecule has 1 aromatic rings. The van der Waals surface area contributed by atoms with Crippen LogP contribution in [0.3, 0.4) is 0 Å². The third-order valence-corrected chi connectivity index (χ3v) is 6.88. The monoisotopic (exact) mass is 323 g/mol. The Labute approximate surface area is 108 Å². The summed E-state index contributed by atoms with van der Waals surface area (Å²) in [5.41, 5.74) is 0. The number of halogens is 1. The van der Waals surface area contributed by atoms with Crippen LogP contribution in [0.25, 0.3) is 0 Å². The topological polar surface area (TPSA) is 46.2 Å². The van der Waals surface area contributed by atoms with Crippen molar-refractivity contribution in [2.45, 2.75) is 36.4 Å². The standard InChI is InChI=1S/C10H14BrNO2S2/c1-2-3-7-6-9(7)12-16(13,14)10-8(11)4-5-15-10/h4-5,7,9,12H,2-3,6H2,1H3. The fourth-order valence-corrected chi connectivity index (χ4v) is 5.48. The van der Waals surface area contributed by atoms with Crippen LogP contribution in [-0.4, -0.2) is 14.5 Å². The largest absolute Gasteiger partial charge is 0.251 e. The van der Waals surface area contributed by atoms with Crippen molar-refractivity contribution in [1.29, 1.82) is 0 Å². The molecule has 0 radical (unpaired) electrons. The van der Waals surface area contributed by atoms with Gasteiger partial charge in [-0.3, -0.25) is 0 Å².